The van der Waals surface area contributed by atoms with Gasteiger partial charge in [0.25, 0.3) is 0 Å². The van der Waals surface area contributed by atoms with Crippen LogP contribution in [0.15, 0.2) is 24.3 Å². The summed E-state index contributed by atoms with van der Waals surface area (Å²) in [5.41, 5.74) is 0. The minimum absolute atomic E-state index is 0.0681. The molecule has 4 heteroatoms. The maximum atomic E-state index is 12.3. The Hall–Kier alpha value is -1.13. The van der Waals surface area contributed by atoms with Gasteiger partial charge in [-0.25, -0.2) is 0 Å². The summed E-state index contributed by atoms with van der Waals surface area (Å²) in [4.78, 5) is 12.3. The Morgan fingerprint density at radius 2 is 0.905 bits per heavy atom. The van der Waals surface area contributed by atoms with Gasteiger partial charge in [0.1, 0.15) is 0 Å². The number of aliphatic hydroxyl groups is 2. The number of carbonyl (C=O) groups is 1. The number of carbonyl (C=O) groups excluding carboxylic acids is 1. The zero-order valence-corrected chi connectivity index (χ0v) is 28.3. The van der Waals surface area contributed by atoms with Gasteiger partial charge in [-0.15, -0.1) is 0 Å². The van der Waals surface area contributed by atoms with Crippen molar-refractivity contribution >= 4 is 5.91 Å². The van der Waals surface area contributed by atoms with Crippen molar-refractivity contribution in [3.05, 3.63) is 24.3 Å². The van der Waals surface area contributed by atoms with Crippen molar-refractivity contribution in [1.29, 1.82) is 0 Å². The van der Waals surface area contributed by atoms with Crippen LogP contribution in [0.5, 0.6) is 0 Å². The maximum Gasteiger partial charge on any atom is 0.220 e. The number of rotatable bonds is 33. The van der Waals surface area contributed by atoms with Crippen LogP contribution >= 0.6 is 0 Å². The molecule has 0 saturated carbocycles. The summed E-state index contributed by atoms with van der Waals surface area (Å²) in [6.07, 6.45) is 42.6. The number of hydrogen-bond acceptors (Lipinski definition) is 3. The highest BCUT2D eigenvalue weighted by atomic mass is 16.3. The highest BCUT2D eigenvalue weighted by Gasteiger charge is 2.17. The van der Waals surface area contributed by atoms with Crippen LogP contribution in [0, 0.1) is 0 Å². The van der Waals surface area contributed by atoms with E-state index < -0.39 is 12.1 Å². The van der Waals surface area contributed by atoms with Crippen molar-refractivity contribution in [2.24, 2.45) is 0 Å². The predicted octanol–water partition coefficient (Wildman–Crippen LogP) is 10.9. The van der Waals surface area contributed by atoms with Crippen molar-refractivity contribution in [1.82, 2.24) is 5.32 Å². The molecule has 42 heavy (non-hydrogen) atoms. The van der Waals surface area contributed by atoms with E-state index in [0.29, 0.717) is 6.42 Å². The van der Waals surface area contributed by atoms with Crippen LogP contribution in [0.3, 0.4) is 0 Å². The molecule has 0 saturated heterocycles. The third-order valence-corrected chi connectivity index (χ3v) is 8.43. The molecule has 0 bridgehead atoms. The Kier molecular flexibility index (Phi) is 33.4. The molecule has 0 radical (unpaired) electrons. The molecular formula is C38H73NO3. The Bertz CT molecular complexity index is 603. The SMILES string of the molecule is CCCCCCCC/C=C\CCCCCCCCCCCC(=O)NC(CO)C(O)/C=C/CCCCCCCCCCC. The molecule has 0 aliphatic carbocycles. The number of amides is 1. The van der Waals surface area contributed by atoms with Crippen LogP contribution in [0.4, 0.5) is 0 Å². The fourth-order valence-electron chi connectivity index (χ4n) is 5.52. The second-order valence-corrected chi connectivity index (χ2v) is 12.6. The summed E-state index contributed by atoms with van der Waals surface area (Å²) in [6.45, 7) is 4.28. The maximum absolute atomic E-state index is 12.3. The summed E-state index contributed by atoms with van der Waals surface area (Å²) >= 11 is 0. The monoisotopic (exact) mass is 592 g/mol. The molecule has 0 aromatic heterocycles. The molecule has 0 rings (SSSR count). The topological polar surface area (TPSA) is 69.6 Å². The quantitative estimate of drug-likeness (QED) is 0.0525. The second-order valence-electron chi connectivity index (χ2n) is 12.6. The first-order chi connectivity index (χ1) is 20.7. The molecule has 1 amide bonds. The van der Waals surface area contributed by atoms with Crippen LogP contribution in [0.1, 0.15) is 194 Å². The van der Waals surface area contributed by atoms with Crippen LogP contribution in [0.2, 0.25) is 0 Å². The lowest BCUT2D eigenvalue weighted by atomic mass is 10.0. The summed E-state index contributed by atoms with van der Waals surface area (Å²) in [6, 6.07) is -0.618. The lowest BCUT2D eigenvalue weighted by Crippen LogP contribution is -2.45. The van der Waals surface area contributed by atoms with Gasteiger partial charge in [-0.3, -0.25) is 4.79 Å². The van der Waals surface area contributed by atoms with E-state index in [1.54, 1.807) is 6.08 Å². The Balaban J connectivity index is 3.58. The molecule has 2 unspecified atom stereocenters. The van der Waals surface area contributed by atoms with E-state index >= 15 is 0 Å². The molecule has 0 fully saturated rings. The van der Waals surface area contributed by atoms with Gasteiger partial charge in [0.05, 0.1) is 18.8 Å². The number of aliphatic hydroxyl groups excluding tert-OH is 2. The lowest BCUT2D eigenvalue weighted by Gasteiger charge is -2.20. The van der Waals surface area contributed by atoms with Crippen molar-refractivity contribution in [2.45, 2.75) is 206 Å². The summed E-state index contributed by atoms with van der Waals surface area (Å²) in [5.74, 6) is -0.0681. The van der Waals surface area contributed by atoms with E-state index in [2.05, 4.69) is 31.3 Å². The molecule has 0 aromatic carbocycles. The lowest BCUT2D eigenvalue weighted by molar-refractivity contribution is -0.123. The highest BCUT2D eigenvalue weighted by Crippen LogP contribution is 2.13. The van der Waals surface area contributed by atoms with Gasteiger partial charge in [-0.1, -0.05) is 167 Å². The number of allylic oxidation sites excluding steroid dienone is 3. The Morgan fingerprint density at radius 3 is 1.31 bits per heavy atom. The number of hydrogen-bond donors (Lipinski definition) is 3. The van der Waals surface area contributed by atoms with Gasteiger partial charge in [-0.2, -0.15) is 0 Å². The molecule has 2 atom stereocenters. The van der Waals surface area contributed by atoms with Gasteiger partial charge >= 0.3 is 0 Å². The van der Waals surface area contributed by atoms with E-state index in [1.807, 2.05) is 6.08 Å². The molecule has 0 heterocycles. The average Bonchev–Trinajstić information content (AvgIpc) is 2.99. The third kappa shape index (κ3) is 30.3. The molecular weight excluding hydrogens is 518 g/mol. The van der Waals surface area contributed by atoms with Gasteiger partial charge < -0.3 is 15.5 Å². The standard InChI is InChI=1S/C38H73NO3/c1-3-5-7-9-11-13-15-16-17-18-19-20-21-22-24-26-28-30-32-34-38(42)39-36(35-40)37(41)33-31-29-27-25-23-14-12-10-8-6-4-2/h16-17,31,33,36-37,40-41H,3-15,18-30,32,34-35H2,1-2H3,(H,39,42)/b17-16-,33-31+. The number of nitrogens with one attached hydrogen (secondary N) is 1. The van der Waals surface area contributed by atoms with Crippen LogP contribution in [-0.2, 0) is 4.79 Å². The fraction of sp³-hybridized carbons (Fsp3) is 0.868. The molecule has 0 aliphatic rings. The smallest absolute Gasteiger partial charge is 0.220 e. The average molecular weight is 592 g/mol. The Morgan fingerprint density at radius 1 is 0.548 bits per heavy atom. The summed E-state index contributed by atoms with van der Waals surface area (Å²) in [5, 5.41) is 22.8. The fourth-order valence-corrected chi connectivity index (χ4v) is 5.52. The minimum atomic E-state index is -0.835. The van der Waals surface area contributed by atoms with Gasteiger partial charge in [0, 0.05) is 6.42 Å². The molecule has 0 aliphatic heterocycles. The van der Waals surface area contributed by atoms with Crippen LogP contribution < -0.4 is 5.32 Å². The first-order valence-corrected chi connectivity index (χ1v) is 18.6. The highest BCUT2D eigenvalue weighted by molar-refractivity contribution is 5.76. The zero-order valence-electron chi connectivity index (χ0n) is 28.3. The van der Waals surface area contributed by atoms with Crippen LogP contribution in [0.25, 0.3) is 0 Å². The molecule has 248 valence electrons. The van der Waals surface area contributed by atoms with Gasteiger partial charge in [-0.05, 0) is 44.9 Å². The largest absolute Gasteiger partial charge is 0.394 e. The second kappa shape index (κ2) is 34.4. The summed E-state index contributed by atoms with van der Waals surface area (Å²) in [7, 11) is 0. The third-order valence-electron chi connectivity index (χ3n) is 8.43. The van der Waals surface area contributed by atoms with Gasteiger partial charge in [0.2, 0.25) is 5.91 Å². The molecule has 0 spiro atoms. The van der Waals surface area contributed by atoms with Crippen molar-refractivity contribution in [3.8, 4) is 0 Å². The molecule has 3 N–H and O–H groups in total. The van der Waals surface area contributed by atoms with E-state index in [4.69, 9.17) is 0 Å². The van der Waals surface area contributed by atoms with E-state index in [-0.39, 0.29) is 12.5 Å². The summed E-state index contributed by atoms with van der Waals surface area (Å²) < 4.78 is 0. The van der Waals surface area contributed by atoms with Crippen molar-refractivity contribution in [3.63, 3.8) is 0 Å². The number of unbranched alkanes of at least 4 members (excludes halogenated alkanes) is 24. The van der Waals surface area contributed by atoms with Gasteiger partial charge in [0.15, 0.2) is 0 Å². The van der Waals surface area contributed by atoms with Crippen LogP contribution in [-0.4, -0.2) is 34.9 Å². The van der Waals surface area contributed by atoms with E-state index in [1.165, 1.54) is 148 Å². The molecule has 4 nitrogen and oxygen atoms in total. The zero-order chi connectivity index (χ0) is 30.8. The first kappa shape index (κ1) is 40.9. The van der Waals surface area contributed by atoms with E-state index in [0.717, 1.165) is 25.7 Å². The normalized spacial score (nSPS) is 13.3. The van der Waals surface area contributed by atoms with Crippen molar-refractivity contribution < 1.29 is 15.0 Å². The van der Waals surface area contributed by atoms with Crippen molar-refractivity contribution in [2.75, 3.05) is 6.61 Å². The van der Waals surface area contributed by atoms with E-state index in [9.17, 15) is 15.0 Å². The minimum Gasteiger partial charge on any atom is -0.394 e. The Labute approximate surface area is 262 Å². The molecule has 0 aromatic rings. The first-order valence-electron chi connectivity index (χ1n) is 18.6. The predicted molar refractivity (Wildman–Crippen MR) is 184 cm³/mol.